The van der Waals surface area contributed by atoms with Gasteiger partial charge in [-0.25, -0.2) is 19.4 Å². The Morgan fingerprint density at radius 1 is 1.06 bits per heavy atom. The van der Waals surface area contributed by atoms with Crippen molar-refractivity contribution >= 4 is 23.4 Å². The Bertz CT molecular complexity index is 1060. The van der Waals surface area contributed by atoms with Gasteiger partial charge in [0.05, 0.1) is 12.8 Å². The molecule has 1 aromatic carbocycles. The molecule has 7 nitrogen and oxygen atoms in total. The first-order valence-electron chi connectivity index (χ1n) is 11.9. The molecule has 1 N–H and O–H groups in total. The van der Waals surface area contributed by atoms with E-state index in [2.05, 4.69) is 63.3 Å². The quantitative estimate of drug-likeness (QED) is 0.429. The molecule has 1 aliphatic rings. The molecule has 0 radical (unpaired) electrons. The minimum atomic E-state index is 0.354. The summed E-state index contributed by atoms with van der Waals surface area (Å²) in [6, 6.07) is 14.4. The Kier molecular flexibility index (Phi) is 8.19. The van der Waals surface area contributed by atoms with Gasteiger partial charge < -0.3 is 15.0 Å². The Hall–Kier alpha value is -2.90. The smallest absolute Gasteiger partial charge is 0.129 e. The number of rotatable bonds is 9. The van der Waals surface area contributed by atoms with Gasteiger partial charge >= 0.3 is 0 Å². The van der Waals surface area contributed by atoms with Gasteiger partial charge in [0.25, 0.3) is 0 Å². The van der Waals surface area contributed by atoms with Crippen LogP contribution < -0.4 is 15.0 Å². The van der Waals surface area contributed by atoms with Gasteiger partial charge in [-0.1, -0.05) is 38.5 Å². The van der Waals surface area contributed by atoms with Gasteiger partial charge in [-0.2, -0.15) is 0 Å². The van der Waals surface area contributed by atoms with Crippen molar-refractivity contribution in [2.24, 2.45) is 5.92 Å². The number of hydrogen-bond acceptors (Lipinski definition) is 7. The molecule has 2 aromatic heterocycles. The third kappa shape index (κ3) is 5.77. The second kappa shape index (κ2) is 11.5. The van der Waals surface area contributed by atoms with Crippen LogP contribution >= 0.6 is 11.8 Å². The van der Waals surface area contributed by atoms with Crippen molar-refractivity contribution in [2.45, 2.75) is 26.2 Å². The third-order valence-corrected chi connectivity index (χ3v) is 7.00. The molecule has 34 heavy (non-hydrogen) atoms. The van der Waals surface area contributed by atoms with E-state index in [9.17, 15) is 0 Å². The van der Waals surface area contributed by atoms with Crippen LogP contribution in [0.3, 0.4) is 0 Å². The maximum Gasteiger partial charge on any atom is 0.129 e. The second-order valence-corrected chi connectivity index (χ2v) is 9.15. The Morgan fingerprint density at radius 2 is 1.85 bits per heavy atom. The van der Waals surface area contributed by atoms with E-state index >= 15 is 0 Å². The number of benzene rings is 1. The SMILES string of the molecule is CCC(CNc1cc(-c2ccc(N3CCN(Cl)CC3)nc2)ncn1)C(C)c1ccccc1OC. The highest BCUT2D eigenvalue weighted by Gasteiger charge is 2.21. The number of ether oxygens (including phenoxy) is 1. The molecule has 3 aromatic rings. The van der Waals surface area contributed by atoms with Crippen LogP contribution in [0.25, 0.3) is 11.3 Å². The van der Waals surface area contributed by atoms with Crippen LogP contribution in [0.4, 0.5) is 11.6 Å². The molecule has 0 aliphatic carbocycles. The minimum absolute atomic E-state index is 0.354. The summed E-state index contributed by atoms with van der Waals surface area (Å²) in [5, 5.41) is 3.52. The summed E-state index contributed by atoms with van der Waals surface area (Å²) in [6.45, 7) is 8.73. The largest absolute Gasteiger partial charge is 0.496 e. The van der Waals surface area contributed by atoms with Crippen LogP contribution in [0.5, 0.6) is 5.75 Å². The lowest BCUT2D eigenvalue weighted by Crippen LogP contribution is -2.42. The lowest BCUT2D eigenvalue weighted by Gasteiger charge is -2.31. The molecule has 2 unspecified atom stereocenters. The summed E-state index contributed by atoms with van der Waals surface area (Å²) >= 11 is 6.07. The highest BCUT2D eigenvalue weighted by Crippen LogP contribution is 2.33. The first-order chi connectivity index (χ1) is 16.6. The lowest BCUT2D eigenvalue weighted by molar-refractivity contribution is 0.389. The Morgan fingerprint density at radius 3 is 2.56 bits per heavy atom. The highest BCUT2D eigenvalue weighted by atomic mass is 35.5. The average Bonchev–Trinajstić information content (AvgIpc) is 2.89. The van der Waals surface area contributed by atoms with E-state index in [1.165, 1.54) is 5.56 Å². The molecular weight excluding hydrogens is 448 g/mol. The van der Waals surface area contributed by atoms with Crippen LogP contribution in [0.15, 0.2) is 55.0 Å². The summed E-state index contributed by atoms with van der Waals surface area (Å²) < 4.78 is 7.40. The molecule has 2 atom stereocenters. The van der Waals surface area contributed by atoms with Crippen molar-refractivity contribution in [1.29, 1.82) is 0 Å². The number of anilines is 2. The number of nitrogens with one attached hydrogen (secondary N) is 1. The van der Waals surface area contributed by atoms with E-state index in [-0.39, 0.29) is 0 Å². The maximum atomic E-state index is 6.07. The third-order valence-electron chi connectivity index (χ3n) is 6.67. The van der Waals surface area contributed by atoms with Gasteiger partial charge in [0.1, 0.15) is 23.7 Å². The maximum absolute atomic E-state index is 6.07. The summed E-state index contributed by atoms with van der Waals surface area (Å²) in [6.07, 6.45) is 4.54. The molecule has 3 heterocycles. The van der Waals surface area contributed by atoms with Gasteiger partial charge in [0.15, 0.2) is 0 Å². The predicted octanol–water partition coefficient (Wildman–Crippen LogP) is 5.06. The van der Waals surface area contributed by atoms with Gasteiger partial charge in [0, 0.05) is 50.6 Å². The van der Waals surface area contributed by atoms with E-state index in [0.717, 1.165) is 67.8 Å². The number of nitrogens with zero attached hydrogens (tertiary/aromatic N) is 5. The molecule has 1 saturated heterocycles. The van der Waals surface area contributed by atoms with Crippen molar-refractivity contribution in [1.82, 2.24) is 19.4 Å². The monoisotopic (exact) mass is 480 g/mol. The predicted molar refractivity (Wildman–Crippen MR) is 139 cm³/mol. The number of pyridine rings is 1. The van der Waals surface area contributed by atoms with Gasteiger partial charge in [0.2, 0.25) is 0 Å². The molecular formula is C26H33ClN6O. The first kappa shape index (κ1) is 24.2. The van der Waals surface area contributed by atoms with E-state index in [0.29, 0.717) is 11.8 Å². The van der Waals surface area contributed by atoms with E-state index in [1.807, 2.05) is 28.8 Å². The number of halogens is 1. The zero-order valence-electron chi connectivity index (χ0n) is 20.1. The molecule has 8 heteroatoms. The summed E-state index contributed by atoms with van der Waals surface area (Å²) in [5.74, 6) is 3.52. The summed E-state index contributed by atoms with van der Waals surface area (Å²) in [7, 11) is 1.73. The van der Waals surface area contributed by atoms with Crippen LogP contribution in [0.2, 0.25) is 0 Å². The van der Waals surface area contributed by atoms with Crippen molar-refractivity contribution < 1.29 is 4.74 Å². The van der Waals surface area contributed by atoms with Gasteiger partial charge in [-0.3, -0.25) is 0 Å². The minimum Gasteiger partial charge on any atom is -0.496 e. The molecule has 0 bridgehead atoms. The zero-order chi connectivity index (χ0) is 23.9. The molecule has 0 amide bonds. The van der Waals surface area contributed by atoms with Crippen LogP contribution in [-0.4, -0.2) is 59.2 Å². The fraction of sp³-hybridized carbons (Fsp3) is 0.423. The zero-order valence-corrected chi connectivity index (χ0v) is 20.9. The fourth-order valence-corrected chi connectivity index (χ4v) is 4.61. The first-order valence-corrected chi connectivity index (χ1v) is 12.2. The normalized spacial score (nSPS) is 16.2. The second-order valence-electron chi connectivity index (χ2n) is 8.67. The van der Waals surface area contributed by atoms with Crippen molar-refractivity contribution in [3.05, 3.63) is 60.6 Å². The van der Waals surface area contributed by atoms with Crippen LogP contribution in [0, 0.1) is 5.92 Å². The number of methoxy groups -OCH3 is 1. The Balaban J connectivity index is 1.41. The number of piperazine rings is 1. The highest BCUT2D eigenvalue weighted by molar-refractivity contribution is 6.13. The van der Waals surface area contributed by atoms with Crippen molar-refractivity contribution in [2.75, 3.05) is 50.1 Å². The van der Waals surface area contributed by atoms with E-state index < -0.39 is 0 Å². The van der Waals surface area contributed by atoms with E-state index in [4.69, 9.17) is 16.5 Å². The molecule has 4 rings (SSSR count). The molecule has 0 spiro atoms. The number of para-hydroxylation sites is 1. The topological polar surface area (TPSA) is 66.4 Å². The van der Waals surface area contributed by atoms with Crippen molar-refractivity contribution in [3.8, 4) is 17.0 Å². The van der Waals surface area contributed by atoms with Crippen LogP contribution in [-0.2, 0) is 0 Å². The summed E-state index contributed by atoms with van der Waals surface area (Å²) in [4.78, 5) is 15.8. The fourth-order valence-electron chi connectivity index (χ4n) is 4.45. The van der Waals surface area contributed by atoms with Gasteiger partial charge in [-0.05, 0) is 47.4 Å². The van der Waals surface area contributed by atoms with Crippen molar-refractivity contribution in [3.63, 3.8) is 0 Å². The Labute approximate surface area is 207 Å². The molecule has 1 fully saturated rings. The molecule has 1 aliphatic heterocycles. The molecule has 180 valence electrons. The number of aromatic nitrogens is 3. The number of hydrogen-bond donors (Lipinski definition) is 1. The molecule has 0 saturated carbocycles. The van der Waals surface area contributed by atoms with Gasteiger partial charge in [-0.15, -0.1) is 0 Å². The average molecular weight is 481 g/mol. The summed E-state index contributed by atoms with van der Waals surface area (Å²) in [5.41, 5.74) is 3.06. The lowest BCUT2D eigenvalue weighted by atomic mass is 9.85. The van der Waals surface area contributed by atoms with Crippen LogP contribution in [0.1, 0.15) is 31.7 Å². The standard InChI is InChI=1S/C26H33ClN6O/c1-4-20(19(2)22-7-5-6-8-24(22)34-3)16-28-25-15-23(30-18-31-25)21-9-10-26(29-17-21)32-11-13-33(27)14-12-32/h5-10,15,17-20H,4,11-14,16H2,1-3H3,(H,28,30,31). The van der Waals surface area contributed by atoms with E-state index in [1.54, 1.807) is 13.4 Å².